The zero-order valence-electron chi connectivity index (χ0n) is 13.9. The monoisotopic (exact) mass is 377 g/mol. The number of carbonyl (C=O) groups is 3. The summed E-state index contributed by atoms with van der Waals surface area (Å²) in [5, 5.41) is 2.05. The quantitative estimate of drug-likeness (QED) is 0.583. The van der Waals surface area contributed by atoms with Crippen LogP contribution in [0.4, 0.5) is 8.78 Å². The van der Waals surface area contributed by atoms with Gasteiger partial charge in [-0.2, -0.15) is 0 Å². The van der Waals surface area contributed by atoms with Crippen LogP contribution in [-0.2, 0) is 19.1 Å². The lowest BCUT2D eigenvalue weighted by Gasteiger charge is -2.21. The molecule has 1 aromatic carbocycles. The zero-order chi connectivity index (χ0) is 19.1. The molecule has 1 amide bonds. The first kappa shape index (κ1) is 20.8. The Morgan fingerprint density at radius 2 is 1.84 bits per heavy atom. The molecule has 25 heavy (non-hydrogen) atoms. The number of ether oxygens (including phenoxy) is 2. The number of esters is 2. The minimum Gasteiger partial charge on any atom is -0.467 e. The first-order valence-corrected chi connectivity index (χ1v) is 7.77. The van der Waals surface area contributed by atoms with Crippen LogP contribution in [0.1, 0.15) is 30.6 Å². The van der Waals surface area contributed by atoms with Gasteiger partial charge >= 0.3 is 11.9 Å². The van der Waals surface area contributed by atoms with Crippen LogP contribution < -0.4 is 5.32 Å². The van der Waals surface area contributed by atoms with Gasteiger partial charge in [-0.25, -0.2) is 18.4 Å². The number of benzene rings is 1. The van der Waals surface area contributed by atoms with Crippen molar-refractivity contribution >= 4 is 29.4 Å². The highest BCUT2D eigenvalue weighted by Crippen LogP contribution is 2.20. The molecule has 0 saturated carbocycles. The Labute approximate surface area is 148 Å². The molecule has 0 unspecified atom stereocenters. The summed E-state index contributed by atoms with van der Waals surface area (Å²) < 4.78 is 35.5. The minimum atomic E-state index is -1.27. The predicted molar refractivity (Wildman–Crippen MR) is 85.1 cm³/mol. The lowest BCUT2D eigenvalue weighted by molar-refractivity contribution is -0.147. The highest BCUT2D eigenvalue weighted by atomic mass is 35.5. The first-order valence-electron chi connectivity index (χ1n) is 7.40. The van der Waals surface area contributed by atoms with E-state index in [9.17, 15) is 23.2 Å². The van der Waals surface area contributed by atoms with Crippen molar-refractivity contribution in [3.05, 3.63) is 34.4 Å². The van der Waals surface area contributed by atoms with Crippen molar-refractivity contribution in [2.24, 2.45) is 5.92 Å². The van der Waals surface area contributed by atoms with Crippen molar-refractivity contribution in [3.63, 3.8) is 0 Å². The van der Waals surface area contributed by atoms with E-state index in [-0.39, 0.29) is 10.9 Å². The Bertz CT molecular complexity index is 668. The molecule has 0 aromatic heterocycles. The molecule has 1 N–H and O–H groups in total. The molecule has 1 aromatic rings. The van der Waals surface area contributed by atoms with Crippen LogP contribution >= 0.6 is 11.6 Å². The Morgan fingerprint density at radius 3 is 2.40 bits per heavy atom. The van der Waals surface area contributed by atoms with E-state index in [0.717, 1.165) is 0 Å². The average Bonchev–Trinajstić information content (AvgIpc) is 2.59. The van der Waals surface area contributed by atoms with Crippen LogP contribution in [-0.4, -0.2) is 37.6 Å². The third-order valence-electron chi connectivity index (χ3n) is 3.55. The Balaban J connectivity index is 2.70. The van der Waals surface area contributed by atoms with Crippen molar-refractivity contribution in [1.29, 1.82) is 0 Å². The van der Waals surface area contributed by atoms with Gasteiger partial charge in [-0.05, 0) is 18.1 Å². The number of amides is 1. The van der Waals surface area contributed by atoms with Crippen LogP contribution in [0.3, 0.4) is 0 Å². The number of hydrogen-bond donors (Lipinski definition) is 1. The summed E-state index contributed by atoms with van der Waals surface area (Å²) in [5.74, 6) is -5.16. The molecule has 138 valence electrons. The molecule has 0 aliphatic rings. The molecule has 9 heteroatoms. The lowest BCUT2D eigenvalue weighted by Crippen LogP contribution is -2.47. The Hall–Kier alpha value is -2.22. The molecule has 0 bridgehead atoms. The van der Waals surface area contributed by atoms with Gasteiger partial charge in [-0.15, -0.1) is 0 Å². The average molecular weight is 378 g/mol. The summed E-state index contributed by atoms with van der Waals surface area (Å²) in [7, 11) is 1.19. The summed E-state index contributed by atoms with van der Waals surface area (Å²) >= 11 is 5.65. The molecular weight excluding hydrogens is 360 g/mol. The van der Waals surface area contributed by atoms with Crippen LogP contribution in [0, 0.1) is 17.6 Å². The lowest BCUT2D eigenvalue weighted by atomic mass is 9.99. The van der Waals surface area contributed by atoms with Gasteiger partial charge in [0.05, 0.1) is 17.7 Å². The Kier molecular flexibility index (Phi) is 7.76. The maximum atomic E-state index is 13.2. The van der Waals surface area contributed by atoms with E-state index in [2.05, 4.69) is 10.1 Å². The second-order valence-electron chi connectivity index (χ2n) is 5.28. The van der Waals surface area contributed by atoms with Gasteiger partial charge in [0, 0.05) is 0 Å². The number of methoxy groups -OCH3 is 1. The molecule has 1 rings (SSSR count). The first-order chi connectivity index (χ1) is 11.7. The van der Waals surface area contributed by atoms with Gasteiger partial charge in [-0.1, -0.05) is 31.9 Å². The van der Waals surface area contributed by atoms with E-state index in [4.69, 9.17) is 16.3 Å². The van der Waals surface area contributed by atoms with Gasteiger partial charge in [0.2, 0.25) is 0 Å². The van der Waals surface area contributed by atoms with Gasteiger partial charge in [0.1, 0.15) is 6.04 Å². The number of rotatable bonds is 7. The standard InChI is InChI=1S/C16H18ClF2NO5/c1-4-8(2)14(16(23)24-3)20-13(21)7-25-15(22)9-5-11(18)12(19)6-10(9)17/h5-6,8,14H,4,7H2,1-3H3,(H,20,21)/t8-,14-/m1/s1. The maximum Gasteiger partial charge on any atom is 0.340 e. The smallest absolute Gasteiger partial charge is 0.340 e. The Morgan fingerprint density at radius 1 is 1.24 bits per heavy atom. The third-order valence-corrected chi connectivity index (χ3v) is 3.86. The molecule has 0 aliphatic heterocycles. The molecule has 6 nitrogen and oxygen atoms in total. The molecule has 0 saturated heterocycles. The topological polar surface area (TPSA) is 81.7 Å². The second-order valence-corrected chi connectivity index (χ2v) is 5.68. The summed E-state index contributed by atoms with van der Waals surface area (Å²) in [4.78, 5) is 35.4. The van der Waals surface area contributed by atoms with Gasteiger partial charge in [-0.3, -0.25) is 4.79 Å². The molecular formula is C16H18ClF2NO5. The van der Waals surface area contributed by atoms with Gasteiger partial charge in [0.15, 0.2) is 18.2 Å². The fraction of sp³-hybridized carbons (Fsp3) is 0.438. The summed E-state index contributed by atoms with van der Waals surface area (Å²) in [6.07, 6.45) is 0.601. The highest BCUT2D eigenvalue weighted by Gasteiger charge is 2.27. The second kappa shape index (κ2) is 9.31. The van der Waals surface area contributed by atoms with E-state index in [1.54, 1.807) is 6.92 Å². The van der Waals surface area contributed by atoms with Crippen molar-refractivity contribution in [2.75, 3.05) is 13.7 Å². The van der Waals surface area contributed by atoms with E-state index in [1.165, 1.54) is 7.11 Å². The number of nitrogens with one attached hydrogen (secondary N) is 1. The van der Waals surface area contributed by atoms with Crippen molar-refractivity contribution in [2.45, 2.75) is 26.3 Å². The van der Waals surface area contributed by atoms with Crippen molar-refractivity contribution < 1.29 is 32.6 Å². The normalized spacial score (nSPS) is 12.9. The van der Waals surface area contributed by atoms with E-state index < -0.39 is 47.7 Å². The van der Waals surface area contributed by atoms with Gasteiger partial charge < -0.3 is 14.8 Å². The maximum absolute atomic E-state index is 13.2. The van der Waals surface area contributed by atoms with E-state index in [1.807, 2.05) is 6.92 Å². The van der Waals surface area contributed by atoms with E-state index in [0.29, 0.717) is 18.6 Å². The third kappa shape index (κ3) is 5.67. The highest BCUT2D eigenvalue weighted by molar-refractivity contribution is 6.33. The van der Waals surface area contributed by atoms with Crippen LogP contribution in [0.25, 0.3) is 0 Å². The molecule has 2 atom stereocenters. The minimum absolute atomic E-state index is 0.201. The van der Waals surface area contributed by atoms with Crippen molar-refractivity contribution in [3.8, 4) is 0 Å². The summed E-state index contributed by atoms with van der Waals surface area (Å²) in [6.45, 7) is 2.85. The fourth-order valence-electron chi connectivity index (χ4n) is 1.90. The van der Waals surface area contributed by atoms with Crippen LogP contribution in [0.15, 0.2) is 12.1 Å². The van der Waals surface area contributed by atoms with E-state index >= 15 is 0 Å². The number of halogens is 3. The predicted octanol–water partition coefficient (Wildman–Crippen LogP) is 2.48. The summed E-state index contributed by atoms with van der Waals surface area (Å²) in [6, 6.07) is 0.311. The van der Waals surface area contributed by atoms with Gasteiger partial charge in [0.25, 0.3) is 5.91 Å². The molecule has 0 radical (unpaired) electrons. The number of carbonyl (C=O) groups excluding carboxylic acids is 3. The summed E-state index contributed by atoms with van der Waals surface area (Å²) in [5.41, 5.74) is -0.417. The zero-order valence-corrected chi connectivity index (χ0v) is 14.7. The molecule has 0 fully saturated rings. The molecule has 0 spiro atoms. The SMILES string of the molecule is CC[C@@H](C)[C@@H](NC(=O)COC(=O)c1cc(F)c(F)cc1Cl)C(=O)OC. The fourth-order valence-corrected chi connectivity index (χ4v) is 2.13. The van der Waals surface area contributed by atoms with Crippen molar-refractivity contribution in [1.82, 2.24) is 5.32 Å². The van der Waals surface area contributed by atoms with Crippen LogP contribution in [0.5, 0.6) is 0 Å². The number of hydrogen-bond acceptors (Lipinski definition) is 5. The molecule has 0 aliphatic carbocycles. The largest absolute Gasteiger partial charge is 0.467 e. The molecule has 0 heterocycles. The van der Waals surface area contributed by atoms with Crippen LogP contribution in [0.2, 0.25) is 5.02 Å².